The summed E-state index contributed by atoms with van der Waals surface area (Å²) in [5.74, 6) is 0. The van der Waals surface area contributed by atoms with Gasteiger partial charge < -0.3 is 14.7 Å². The Hall–Kier alpha value is -6.90. The molecule has 2 atom stereocenters. The van der Waals surface area contributed by atoms with Gasteiger partial charge in [-0.25, -0.2) is 9.97 Å². The topological polar surface area (TPSA) is 110 Å². The normalized spacial score (nSPS) is 15.0. The van der Waals surface area contributed by atoms with Gasteiger partial charge in [0, 0.05) is 56.4 Å². The molecule has 9 rings (SSSR count). The van der Waals surface area contributed by atoms with E-state index in [1.54, 1.807) is 0 Å². The number of nitro groups is 1. The van der Waals surface area contributed by atoms with Gasteiger partial charge in [-0.1, -0.05) is 121 Å². The number of aromatic amines is 2. The molecule has 8 bridgehead atoms. The molecule has 256 valence electrons. The molecule has 2 N–H and O–H groups in total. The van der Waals surface area contributed by atoms with Crippen molar-refractivity contribution in [2.75, 3.05) is 7.11 Å². The van der Waals surface area contributed by atoms with Crippen molar-refractivity contribution in [2.45, 2.75) is 12.1 Å². The summed E-state index contributed by atoms with van der Waals surface area (Å²) in [6.45, 7) is 0. The summed E-state index contributed by atoms with van der Waals surface area (Å²) in [6, 6.07) is 46.7. The summed E-state index contributed by atoms with van der Waals surface area (Å²) < 4.78 is 6.08. The first-order valence-corrected chi connectivity index (χ1v) is 17.4. The number of rotatable bonds is 6. The van der Waals surface area contributed by atoms with E-state index in [-0.39, 0.29) is 4.92 Å². The van der Waals surface area contributed by atoms with Crippen LogP contribution in [0, 0.1) is 10.1 Å². The highest BCUT2D eigenvalue weighted by Gasteiger charge is 2.45. The Morgan fingerprint density at radius 2 is 0.868 bits per heavy atom. The quantitative estimate of drug-likeness (QED) is 0.133. The van der Waals surface area contributed by atoms with Crippen LogP contribution in [0.15, 0.2) is 146 Å². The highest BCUT2D eigenvalue weighted by molar-refractivity contribution is 5.97. The fourth-order valence-electron chi connectivity index (χ4n) is 7.60. The summed E-state index contributed by atoms with van der Waals surface area (Å²) in [6.07, 6.45) is 3.14. The molecule has 0 amide bonds. The monoisotopic (exact) mass is 691 g/mol. The van der Waals surface area contributed by atoms with Gasteiger partial charge in [0.25, 0.3) is 6.04 Å². The minimum absolute atomic E-state index is 0.276. The largest absolute Gasteiger partial charge is 0.367 e. The lowest BCUT2D eigenvalue weighted by molar-refractivity contribution is -0.541. The first kappa shape index (κ1) is 32.0. The van der Waals surface area contributed by atoms with Crippen LogP contribution in [0.3, 0.4) is 0 Å². The Bertz CT molecular complexity index is 2690. The van der Waals surface area contributed by atoms with Gasteiger partial charge in [-0.05, 0) is 58.7 Å². The lowest BCUT2D eigenvalue weighted by atomic mass is 9.96. The molecule has 0 unspecified atom stereocenters. The van der Waals surface area contributed by atoms with Crippen molar-refractivity contribution >= 4 is 34.2 Å². The van der Waals surface area contributed by atoms with Gasteiger partial charge >= 0.3 is 0 Å². The van der Waals surface area contributed by atoms with Gasteiger partial charge in [-0.3, -0.25) is 10.1 Å². The summed E-state index contributed by atoms with van der Waals surface area (Å²) in [5, 5.41) is 13.2. The lowest BCUT2D eigenvalue weighted by Gasteiger charge is -2.15. The Kier molecular flexibility index (Phi) is 8.06. The Balaban J connectivity index is 1.53. The van der Waals surface area contributed by atoms with Crippen molar-refractivity contribution in [1.82, 2.24) is 19.9 Å². The van der Waals surface area contributed by atoms with Crippen molar-refractivity contribution in [3.63, 3.8) is 0 Å². The van der Waals surface area contributed by atoms with Gasteiger partial charge in [-0.2, -0.15) is 0 Å². The highest BCUT2D eigenvalue weighted by Crippen LogP contribution is 2.47. The van der Waals surface area contributed by atoms with E-state index in [9.17, 15) is 10.1 Å². The van der Waals surface area contributed by atoms with Gasteiger partial charge in [0.2, 0.25) is 0 Å². The Morgan fingerprint density at radius 1 is 0.509 bits per heavy atom. The molecular weight excluding hydrogens is 659 g/mol. The zero-order chi connectivity index (χ0) is 35.9. The second-order valence-corrected chi connectivity index (χ2v) is 13.0. The number of nitrogens with one attached hydrogen (secondary N) is 2. The minimum atomic E-state index is -1.29. The third-order valence-corrected chi connectivity index (χ3v) is 9.92. The molecule has 0 saturated carbocycles. The summed E-state index contributed by atoms with van der Waals surface area (Å²) >= 11 is 0. The van der Waals surface area contributed by atoms with Crippen LogP contribution in [0.2, 0.25) is 0 Å². The molecule has 3 aromatic heterocycles. The number of methoxy groups -OCH3 is 1. The van der Waals surface area contributed by atoms with E-state index in [2.05, 4.69) is 46.4 Å². The number of hydrogen-bond acceptors (Lipinski definition) is 5. The van der Waals surface area contributed by atoms with E-state index in [1.165, 1.54) is 7.11 Å². The summed E-state index contributed by atoms with van der Waals surface area (Å²) in [4.78, 5) is 30.9. The molecule has 8 heteroatoms. The fourth-order valence-corrected chi connectivity index (χ4v) is 7.60. The van der Waals surface area contributed by atoms with E-state index in [1.807, 2.05) is 121 Å². The van der Waals surface area contributed by atoms with Crippen molar-refractivity contribution in [3.8, 4) is 44.5 Å². The van der Waals surface area contributed by atoms with Crippen LogP contribution in [0.1, 0.15) is 34.9 Å². The average Bonchev–Trinajstić information content (AvgIpc) is 4.03. The molecule has 0 fully saturated rings. The lowest BCUT2D eigenvalue weighted by Crippen LogP contribution is -2.17. The smallest absolute Gasteiger partial charge is 0.286 e. The van der Waals surface area contributed by atoms with E-state index in [0.29, 0.717) is 22.5 Å². The molecule has 5 heterocycles. The zero-order valence-corrected chi connectivity index (χ0v) is 28.7. The standard InChI is InChI=1S/C45H33N5O3/c1-53-45-43-41(31-20-12-5-13-21-31)37-27-25-35(48-37)39(29-16-8-3-9-17-29)33-23-22-32(46-33)38(28-14-6-2-7-15-28)34-24-26-36(47-34)40(30-18-10-4-11-19-30)42(49-43)44(45)50(51)52/h2-27,44-45,47-48H,1H3/t44-,45-/m1/s1. The molecule has 2 aliphatic heterocycles. The van der Waals surface area contributed by atoms with Gasteiger partial charge in [0.1, 0.15) is 5.69 Å². The first-order valence-electron chi connectivity index (χ1n) is 17.4. The second-order valence-electron chi connectivity index (χ2n) is 13.0. The van der Waals surface area contributed by atoms with Gasteiger partial charge in [0.05, 0.1) is 17.1 Å². The first-order chi connectivity index (χ1) is 26.1. The molecule has 4 aromatic carbocycles. The van der Waals surface area contributed by atoms with E-state index < -0.39 is 12.1 Å². The van der Waals surface area contributed by atoms with Crippen molar-refractivity contribution in [1.29, 1.82) is 0 Å². The van der Waals surface area contributed by atoms with Gasteiger partial charge in [-0.15, -0.1) is 0 Å². The Morgan fingerprint density at radius 3 is 1.25 bits per heavy atom. The van der Waals surface area contributed by atoms with Crippen LogP contribution in [-0.4, -0.2) is 32.0 Å². The molecule has 0 saturated heterocycles. The number of ether oxygens (including phenoxy) is 1. The molecule has 8 nitrogen and oxygen atoms in total. The molecule has 0 aliphatic carbocycles. The molecule has 2 aliphatic rings. The number of nitrogens with zero attached hydrogens (tertiary/aromatic N) is 3. The van der Waals surface area contributed by atoms with Crippen LogP contribution < -0.4 is 0 Å². The Labute approximate surface area is 305 Å². The van der Waals surface area contributed by atoms with Crippen molar-refractivity contribution < 1.29 is 9.66 Å². The van der Waals surface area contributed by atoms with Gasteiger partial charge in [0.15, 0.2) is 6.10 Å². The van der Waals surface area contributed by atoms with E-state index >= 15 is 0 Å². The van der Waals surface area contributed by atoms with Crippen molar-refractivity contribution in [2.24, 2.45) is 0 Å². The van der Waals surface area contributed by atoms with E-state index in [0.717, 1.165) is 66.9 Å². The predicted molar refractivity (Wildman–Crippen MR) is 211 cm³/mol. The second kappa shape index (κ2) is 13.3. The molecule has 53 heavy (non-hydrogen) atoms. The number of aromatic nitrogens is 4. The van der Waals surface area contributed by atoms with Crippen LogP contribution in [0.4, 0.5) is 0 Å². The number of hydrogen-bond donors (Lipinski definition) is 2. The number of benzene rings is 4. The molecular formula is C45H33N5O3. The summed E-state index contributed by atoms with van der Waals surface area (Å²) in [5.41, 5.74) is 12.3. The summed E-state index contributed by atoms with van der Waals surface area (Å²) in [7, 11) is 1.51. The van der Waals surface area contributed by atoms with Crippen LogP contribution in [0.5, 0.6) is 0 Å². The van der Waals surface area contributed by atoms with Crippen molar-refractivity contribution in [3.05, 3.63) is 178 Å². The third-order valence-electron chi connectivity index (χ3n) is 9.92. The third kappa shape index (κ3) is 5.62. The van der Waals surface area contributed by atoms with Crippen LogP contribution in [0.25, 0.3) is 78.7 Å². The van der Waals surface area contributed by atoms with Crippen LogP contribution >= 0.6 is 0 Å². The maximum Gasteiger partial charge on any atom is 0.286 e. The average molecular weight is 692 g/mol. The zero-order valence-electron chi connectivity index (χ0n) is 28.7. The maximum atomic E-state index is 13.2. The predicted octanol–water partition coefficient (Wildman–Crippen LogP) is 10.9. The van der Waals surface area contributed by atoms with E-state index in [4.69, 9.17) is 14.7 Å². The molecule has 7 aromatic rings. The minimum Gasteiger partial charge on any atom is -0.367 e. The maximum absolute atomic E-state index is 13.2. The number of fused-ring (bicyclic) bond motifs is 8. The molecule has 0 radical (unpaired) electrons. The highest BCUT2D eigenvalue weighted by atomic mass is 16.6. The van der Waals surface area contributed by atoms with Crippen LogP contribution in [-0.2, 0) is 4.74 Å². The molecule has 0 spiro atoms. The SMILES string of the molecule is CO[C@@H]1c2nc(c(-c3ccccc3)c3ccc([nH]3)c(-c3ccccc3)c3nc(c(-c4ccccc4)c4ccc([nH]4)c2-c2ccccc2)C=C3)[C@H]1[N+](=O)[O-]. The number of H-pyrrole nitrogens is 2. The fraction of sp³-hybridized carbons (Fsp3) is 0.0667.